The van der Waals surface area contributed by atoms with Gasteiger partial charge in [-0.05, 0) is 112 Å². The Labute approximate surface area is 303 Å². The standard InChI is InChI=1S/C41H42N6O5/c1-24(15-19-43-30-9-12-32-33(22-30)40(51)47(39(32)50)34-13-14-36(48)44-38(34)49)16-20-46(31-10-7-29(8-11-31)41(23-42)17-18-41)35-21-28(6-5-25(35)2)37-26(3)45-52-27(37)4/h5-12,21-22,24,34,43H,13-20H2,1-4H3,(H,44,48,49). The number of imide groups is 2. The Morgan fingerprint density at radius 3 is 2.42 bits per heavy atom. The lowest BCUT2D eigenvalue weighted by Gasteiger charge is -2.29. The smallest absolute Gasteiger partial charge is 0.262 e. The first-order valence-corrected chi connectivity index (χ1v) is 17.9. The van der Waals surface area contributed by atoms with Gasteiger partial charge in [0.25, 0.3) is 11.8 Å². The molecule has 1 saturated carbocycles. The topological polar surface area (TPSA) is 149 Å². The molecule has 2 N–H and O–H groups in total. The van der Waals surface area contributed by atoms with Gasteiger partial charge < -0.3 is 14.7 Å². The predicted molar refractivity (Wildman–Crippen MR) is 196 cm³/mol. The maximum Gasteiger partial charge on any atom is 0.262 e. The molecule has 1 aromatic heterocycles. The lowest BCUT2D eigenvalue weighted by molar-refractivity contribution is -0.136. The zero-order chi connectivity index (χ0) is 36.7. The Bertz CT molecular complexity index is 2110. The zero-order valence-corrected chi connectivity index (χ0v) is 29.9. The molecule has 2 aliphatic heterocycles. The molecule has 3 aromatic carbocycles. The number of nitriles is 1. The summed E-state index contributed by atoms with van der Waals surface area (Å²) in [5.74, 6) is -0.939. The highest BCUT2D eigenvalue weighted by Crippen LogP contribution is 2.48. The molecule has 4 aromatic rings. The van der Waals surface area contributed by atoms with E-state index in [9.17, 15) is 24.4 Å². The minimum absolute atomic E-state index is 0.0796. The number of hydrogen-bond donors (Lipinski definition) is 2. The van der Waals surface area contributed by atoms with Crippen molar-refractivity contribution >= 4 is 40.7 Å². The van der Waals surface area contributed by atoms with Crippen molar-refractivity contribution in [1.29, 1.82) is 5.26 Å². The van der Waals surface area contributed by atoms with Gasteiger partial charge in [0, 0.05) is 42.1 Å². The summed E-state index contributed by atoms with van der Waals surface area (Å²) in [4.78, 5) is 53.7. The molecule has 0 bridgehead atoms. The number of carbonyl (C=O) groups is 4. The van der Waals surface area contributed by atoms with Crippen molar-refractivity contribution in [2.24, 2.45) is 5.92 Å². The second-order valence-corrected chi connectivity index (χ2v) is 14.4. The van der Waals surface area contributed by atoms with Crippen LogP contribution < -0.4 is 15.5 Å². The first kappa shape index (κ1) is 34.7. The van der Waals surface area contributed by atoms with Crippen LogP contribution in [-0.4, -0.2) is 52.8 Å². The highest BCUT2D eigenvalue weighted by atomic mass is 16.5. The Morgan fingerprint density at radius 1 is 1.00 bits per heavy atom. The molecule has 3 aliphatic rings. The highest BCUT2D eigenvalue weighted by molar-refractivity contribution is 6.23. The van der Waals surface area contributed by atoms with Gasteiger partial charge in [0.15, 0.2) is 0 Å². The number of rotatable bonds is 12. The van der Waals surface area contributed by atoms with E-state index in [1.54, 1.807) is 18.2 Å². The third-order valence-electron chi connectivity index (χ3n) is 10.8. The van der Waals surface area contributed by atoms with E-state index in [1.807, 2.05) is 13.8 Å². The number of nitrogens with one attached hydrogen (secondary N) is 2. The Morgan fingerprint density at radius 2 is 1.75 bits per heavy atom. The number of nitrogens with zero attached hydrogens (tertiary/aromatic N) is 4. The number of fused-ring (bicyclic) bond motifs is 1. The van der Waals surface area contributed by atoms with Crippen LogP contribution in [0.4, 0.5) is 17.1 Å². The summed E-state index contributed by atoms with van der Waals surface area (Å²) < 4.78 is 5.49. The van der Waals surface area contributed by atoms with E-state index in [-0.39, 0.29) is 29.4 Å². The van der Waals surface area contributed by atoms with Crippen LogP contribution in [0.1, 0.15) is 88.7 Å². The average molecular weight is 699 g/mol. The van der Waals surface area contributed by atoms with E-state index >= 15 is 0 Å². The van der Waals surface area contributed by atoms with Crippen LogP contribution in [0.3, 0.4) is 0 Å². The van der Waals surface area contributed by atoms with Gasteiger partial charge in [0.05, 0.1) is 28.3 Å². The summed E-state index contributed by atoms with van der Waals surface area (Å²) in [5, 5.41) is 19.6. The summed E-state index contributed by atoms with van der Waals surface area (Å²) in [6.07, 6.45) is 3.77. The van der Waals surface area contributed by atoms with E-state index in [0.717, 1.165) is 87.9 Å². The number of carbonyl (C=O) groups excluding carboxylic acids is 4. The lowest BCUT2D eigenvalue weighted by Crippen LogP contribution is -2.54. The molecule has 266 valence electrons. The van der Waals surface area contributed by atoms with Crippen LogP contribution in [-0.2, 0) is 15.0 Å². The molecule has 0 spiro atoms. The fourth-order valence-corrected chi connectivity index (χ4v) is 7.43. The highest BCUT2D eigenvalue weighted by Gasteiger charge is 2.45. The van der Waals surface area contributed by atoms with E-state index < -0.39 is 29.7 Å². The summed E-state index contributed by atoms with van der Waals surface area (Å²) in [6, 6.07) is 21.5. The first-order valence-electron chi connectivity index (χ1n) is 17.9. The lowest BCUT2D eigenvalue weighted by atomic mass is 9.96. The van der Waals surface area contributed by atoms with Crippen LogP contribution in [0.25, 0.3) is 11.1 Å². The fourth-order valence-electron chi connectivity index (χ4n) is 7.43. The van der Waals surface area contributed by atoms with Crippen molar-refractivity contribution in [3.05, 3.63) is 94.4 Å². The second-order valence-electron chi connectivity index (χ2n) is 14.4. The first-order chi connectivity index (χ1) is 25.0. The Hall–Kier alpha value is -5.76. The van der Waals surface area contributed by atoms with Crippen molar-refractivity contribution in [1.82, 2.24) is 15.4 Å². The number of aromatic nitrogens is 1. The molecule has 4 amide bonds. The number of piperidine rings is 1. The van der Waals surface area contributed by atoms with Crippen LogP contribution in [0.5, 0.6) is 0 Å². The molecule has 2 atom stereocenters. The summed E-state index contributed by atoms with van der Waals surface area (Å²) in [7, 11) is 0. The number of benzene rings is 3. The van der Waals surface area contributed by atoms with Crippen molar-refractivity contribution in [2.75, 3.05) is 23.3 Å². The predicted octanol–water partition coefficient (Wildman–Crippen LogP) is 6.89. The van der Waals surface area contributed by atoms with Gasteiger partial charge >= 0.3 is 0 Å². The van der Waals surface area contributed by atoms with Crippen molar-refractivity contribution in [3.63, 3.8) is 0 Å². The van der Waals surface area contributed by atoms with E-state index in [0.29, 0.717) is 12.5 Å². The number of aryl methyl sites for hydroxylation is 3. The third-order valence-corrected chi connectivity index (χ3v) is 10.8. The third kappa shape index (κ3) is 6.45. The minimum atomic E-state index is -0.991. The molecule has 52 heavy (non-hydrogen) atoms. The van der Waals surface area contributed by atoms with Gasteiger partial charge in [-0.25, -0.2) is 0 Å². The minimum Gasteiger partial charge on any atom is -0.385 e. The molecule has 3 heterocycles. The molecule has 11 nitrogen and oxygen atoms in total. The fraction of sp³-hybridized carbons (Fsp3) is 0.366. The molecule has 7 rings (SSSR count). The number of amides is 4. The van der Waals surface area contributed by atoms with E-state index in [4.69, 9.17) is 4.52 Å². The SMILES string of the molecule is Cc1ccc(-c2c(C)noc2C)cc1N(CCC(C)CCNc1ccc2c(c1)C(=O)N(C1CCC(=O)NC1=O)C2=O)c1ccc(C2(C#N)CC2)cc1. The van der Waals surface area contributed by atoms with Crippen molar-refractivity contribution < 1.29 is 23.7 Å². The molecule has 11 heteroatoms. The maximum absolute atomic E-state index is 13.3. The van der Waals surface area contributed by atoms with Gasteiger partial charge in [-0.3, -0.25) is 29.4 Å². The number of anilines is 3. The van der Waals surface area contributed by atoms with Gasteiger partial charge in [-0.1, -0.05) is 36.3 Å². The monoisotopic (exact) mass is 698 g/mol. The van der Waals surface area contributed by atoms with Crippen molar-refractivity contribution in [2.45, 2.75) is 77.7 Å². The normalized spacial score (nSPS) is 18.1. The number of hydrogen-bond acceptors (Lipinski definition) is 9. The van der Waals surface area contributed by atoms with Crippen LogP contribution >= 0.6 is 0 Å². The van der Waals surface area contributed by atoms with E-state index in [1.165, 1.54) is 0 Å². The summed E-state index contributed by atoms with van der Waals surface area (Å²) in [5.41, 5.74) is 8.16. The van der Waals surface area contributed by atoms with Crippen LogP contribution in [0.2, 0.25) is 0 Å². The molecule has 2 fully saturated rings. The second kappa shape index (κ2) is 13.8. The zero-order valence-electron chi connectivity index (χ0n) is 29.9. The van der Waals surface area contributed by atoms with Gasteiger partial charge in [-0.15, -0.1) is 0 Å². The average Bonchev–Trinajstić information content (AvgIpc) is 3.81. The maximum atomic E-state index is 13.3. The van der Waals surface area contributed by atoms with Crippen LogP contribution in [0.15, 0.2) is 65.2 Å². The van der Waals surface area contributed by atoms with Gasteiger partial charge in [-0.2, -0.15) is 5.26 Å². The summed E-state index contributed by atoms with van der Waals surface area (Å²) in [6.45, 7) is 9.65. The molecule has 1 saturated heterocycles. The molecule has 1 aliphatic carbocycles. The largest absolute Gasteiger partial charge is 0.385 e. The summed E-state index contributed by atoms with van der Waals surface area (Å²) >= 11 is 0. The van der Waals surface area contributed by atoms with Gasteiger partial charge in [0.1, 0.15) is 11.8 Å². The van der Waals surface area contributed by atoms with Crippen LogP contribution in [0, 0.1) is 38.0 Å². The van der Waals surface area contributed by atoms with E-state index in [2.05, 4.69) is 83.1 Å². The molecular formula is C41H42N6O5. The Balaban J connectivity index is 1.03. The molecule has 0 radical (unpaired) electrons. The van der Waals surface area contributed by atoms with Gasteiger partial charge in [0.2, 0.25) is 11.8 Å². The molecular weight excluding hydrogens is 656 g/mol. The molecule has 2 unspecified atom stereocenters. The Kier molecular flexibility index (Phi) is 9.17. The quantitative estimate of drug-likeness (QED) is 0.151. The van der Waals surface area contributed by atoms with Crippen molar-refractivity contribution in [3.8, 4) is 17.2 Å².